The SMILES string of the molecule is C/C(C=NNC(=O)c1cc(C(C)(C)C)[nH]n1)=C\c1ccccc1. The second-order valence-corrected chi connectivity index (χ2v) is 6.42. The zero-order valence-electron chi connectivity index (χ0n) is 13.9. The van der Waals surface area contributed by atoms with Crippen molar-refractivity contribution in [2.45, 2.75) is 33.1 Å². The van der Waals surface area contributed by atoms with E-state index in [0.29, 0.717) is 5.69 Å². The van der Waals surface area contributed by atoms with Gasteiger partial charge in [-0.05, 0) is 24.1 Å². The van der Waals surface area contributed by atoms with Crippen molar-refractivity contribution in [2.75, 3.05) is 0 Å². The molecule has 1 heterocycles. The summed E-state index contributed by atoms with van der Waals surface area (Å²) in [6.07, 6.45) is 3.60. The van der Waals surface area contributed by atoms with Gasteiger partial charge in [0.2, 0.25) is 0 Å². The molecule has 2 rings (SSSR count). The monoisotopic (exact) mass is 310 g/mol. The van der Waals surface area contributed by atoms with Gasteiger partial charge in [0, 0.05) is 11.1 Å². The average Bonchev–Trinajstić information content (AvgIpc) is 2.98. The number of hydrazone groups is 1. The molecule has 0 aliphatic heterocycles. The number of benzene rings is 1. The lowest BCUT2D eigenvalue weighted by molar-refractivity contribution is 0.0950. The lowest BCUT2D eigenvalue weighted by Gasteiger charge is -2.14. The predicted molar refractivity (Wildman–Crippen MR) is 93.3 cm³/mol. The molecule has 0 saturated heterocycles. The fourth-order valence-corrected chi connectivity index (χ4v) is 1.92. The van der Waals surface area contributed by atoms with E-state index in [0.717, 1.165) is 16.8 Å². The minimum Gasteiger partial charge on any atom is -0.281 e. The van der Waals surface area contributed by atoms with Gasteiger partial charge in [-0.1, -0.05) is 57.2 Å². The Morgan fingerprint density at radius 1 is 1.26 bits per heavy atom. The molecular weight excluding hydrogens is 288 g/mol. The lowest BCUT2D eigenvalue weighted by atomic mass is 9.92. The summed E-state index contributed by atoms with van der Waals surface area (Å²) in [5.41, 5.74) is 5.67. The Kier molecular flexibility index (Phi) is 5.11. The van der Waals surface area contributed by atoms with Crippen molar-refractivity contribution in [3.8, 4) is 0 Å². The van der Waals surface area contributed by atoms with Crippen LogP contribution in [-0.4, -0.2) is 22.3 Å². The average molecular weight is 310 g/mol. The first-order chi connectivity index (χ1) is 10.9. The molecule has 0 aliphatic rings. The van der Waals surface area contributed by atoms with Gasteiger partial charge in [-0.3, -0.25) is 9.89 Å². The van der Waals surface area contributed by atoms with Crippen LogP contribution < -0.4 is 5.43 Å². The number of nitrogens with one attached hydrogen (secondary N) is 2. The summed E-state index contributed by atoms with van der Waals surface area (Å²) in [6, 6.07) is 11.7. The number of carbonyl (C=O) groups is 1. The van der Waals surface area contributed by atoms with Crippen LogP contribution in [-0.2, 0) is 5.41 Å². The normalized spacial score (nSPS) is 12.6. The summed E-state index contributed by atoms with van der Waals surface area (Å²) in [5.74, 6) is -0.333. The molecule has 5 heteroatoms. The number of carbonyl (C=O) groups excluding carboxylic acids is 1. The first kappa shape index (κ1) is 16.7. The molecular formula is C18H22N4O. The van der Waals surface area contributed by atoms with Gasteiger partial charge in [0.25, 0.3) is 5.91 Å². The number of amides is 1. The summed E-state index contributed by atoms with van der Waals surface area (Å²) in [5, 5.41) is 10.9. The van der Waals surface area contributed by atoms with Crippen molar-refractivity contribution in [1.82, 2.24) is 15.6 Å². The van der Waals surface area contributed by atoms with Crippen LogP contribution in [0.25, 0.3) is 6.08 Å². The van der Waals surface area contributed by atoms with Gasteiger partial charge < -0.3 is 0 Å². The smallest absolute Gasteiger partial charge is 0.281 e. The maximum Gasteiger partial charge on any atom is 0.291 e. The van der Waals surface area contributed by atoms with E-state index >= 15 is 0 Å². The Balaban J connectivity index is 1.96. The van der Waals surface area contributed by atoms with Crippen LogP contribution in [0.4, 0.5) is 0 Å². The van der Waals surface area contributed by atoms with Gasteiger partial charge in [-0.25, -0.2) is 5.43 Å². The number of aromatic amines is 1. The molecule has 2 N–H and O–H groups in total. The first-order valence-corrected chi connectivity index (χ1v) is 7.49. The lowest BCUT2D eigenvalue weighted by Crippen LogP contribution is -2.18. The standard InChI is InChI=1S/C18H22N4O/c1-13(10-14-8-6-5-7-9-14)12-19-22-17(23)15-11-16(21-20-15)18(2,3)4/h5-12H,1-4H3,(H,20,21)(H,22,23)/b13-10+,19-12?. The molecule has 1 aromatic heterocycles. The highest BCUT2D eigenvalue weighted by molar-refractivity contribution is 5.93. The van der Waals surface area contributed by atoms with Crippen molar-refractivity contribution < 1.29 is 4.79 Å². The Hall–Kier alpha value is -2.69. The van der Waals surface area contributed by atoms with Crippen molar-refractivity contribution >= 4 is 18.2 Å². The summed E-state index contributed by atoms with van der Waals surface area (Å²) < 4.78 is 0. The molecule has 0 spiro atoms. The molecule has 0 aliphatic carbocycles. The number of H-pyrrole nitrogens is 1. The topological polar surface area (TPSA) is 70.1 Å². The summed E-state index contributed by atoms with van der Waals surface area (Å²) >= 11 is 0. The van der Waals surface area contributed by atoms with E-state index < -0.39 is 0 Å². The van der Waals surface area contributed by atoms with Crippen LogP contribution in [0.2, 0.25) is 0 Å². The molecule has 23 heavy (non-hydrogen) atoms. The maximum atomic E-state index is 12.0. The number of rotatable bonds is 4. The molecule has 0 bridgehead atoms. The minimum absolute atomic E-state index is 0.0796. The molecule has 0 fully saturated rings. The Morgan fingerprint density at radius 2 is 1.96 bits per heavy atom. The van der Waals surface area contributed by atoms with E-state index in [1.807, 2.05) is 43.3 Å². The third kappa shape index (κ3) is 4.92. The zero-order chi connectivity index (χ0) is 16.9. The van der Waals surface area contributed by atoms with E-state index in [1.54, 1.807) is 12.3 Å². The Labute approximate surface area is 136 Å². The number of nitrogens with zero attached hydrogens (tertiary/aromatic N) is 2. The van der Waals surface area contributed by atoms with Gasteiger partial charge in [0.1, 0.15) is 0 Å². The van der Waals surface area contributed by atoms with Crippen LogP contribution in [0.3, 0.4) is 0 Å². The van der Waals surface area contributed by atoms with Gasteiger partial charge >= 0.3 is 0 Å². The van der Waals surface area contributed by atoms with Crippen LogP contribution in [0, 0.1) is 0 Å². The molecule has 1 aromatic carbocycles. The van der Waals surface area contributed by atoms with Crippen molar-refractivity contribution in [1.29, 1.82) is 0 Å². The van der Waals surface area contributed by atoms with E-state index in [9.17, 15) is 4.79 Å². The van der Waals surface area contributed by atoms with Crippen molar-refractivity contribution in [3.63, 3.8) is 0 Å². The quantitative estimate of drug-likeness (QED) is 0.670. The highest BCUT2D eigenvalue weighted by Gasteiger charge is 2.18. The van der Waals surface area contributed by atoms with Crippen molar-refractivity contribution in [2.24, 2.45) is 5.10 Å². The third-order valence-corrected chi connectivity index (χ3v) is 3.25. The number of aromatic nitrogens is 2. The molecule has 1 amide bonds. The third-order valence-electron chi connectivity index (χ3n) is 3.25. The predicted octanol–water partition coefficient (Wildman–Crippen LogP) is 3.53. The van der Waals surface area contributed by atoms with E-state index in [1.165, 1.54) is 0 Å². The van der Waals surface area contributed by atoms with Crippen LogP contribution in [0.1, 0.15) is 49.4 Å². The molecule has 120 valence electrons. The molecule has 0 atom stereocenters. The molecule has 2 aromatic rings. The van der Waals surface area contributed by atoms with Gasteiger partial charge in [0.15, 0.2) is 5.69 Å². The fraction of sp³-hybridized carbons (Fsp3) is 0.278. The molecule has 0 unspecified atom stereocenters. The summed E-state index contributed by atoms with van der Waals surface area (Å²) in [4.78, 5) is 12.0. The van der Waals surface area contributed by atoms with Crippen LogP contribution in [0.5, 0.6) is 0 Å². The largest absolute Gasteiger partial charge is 0.291 e. The molecule has 0 saturated carbocycles. The van der Waals surface area contributed by atoms with Crippen LogP contribution in [0.15, 0.2) is 47.1 Å². The zero-order valence-corrected chi connectivity index (χ0v) is 13.9. The maximum absolute atomic E-state index is 12.0. The van der Waals surface area contributed by atoms with Gasteiger partial charge in [0.05, 0.1) is 6.21 Å². The minimum atomic E-state index is -0.333. The summed E-state index contributed by atoms with van der Waals surface area (Å²) in [7, 11) is 0. The van der Waals surface area contributed by atoms with E-state index in [4.69, 9.17) is 0 Å². The van der Waals surface area contributed by atoms with Crippen LogP contribution >= 0.6 is 0 Å². The Bertz CT molecular complexity index is 721. The molecule has 0 radical (unpaired) electrons. The summed E-state index contributed by atoms with van der Waals surface area (Å²) in [6.45, 7) is 8.09. The van der Waals surface area contributed by atoms with E-state index in [2.05, 4.69) is 41.5 Å². The number of hydrogen-bond donors (Lipinski definition) is 2. The number of allylic oxidation sites excluding steroid dienone is 1. The number of hydrogen-bond acceptors (Lipinski definition) is 3. The van der Waals surface area contributed by atoms with Crippen molar-refractivity contribution in [3.05, 3.63) is 58.9 Å². The second-order valence-electron chi connectivity index (χ2n) is 6.42. The fourth-order valence-electron chi connectivity index (χ4n) is 1.92. The molecule has 5 nitrogen and oxygen atoms in total. The van der Waals surface area contributed by atoms with Gasteiger partial charge in [-0.2, -0.15) is 10.2 Å². The Morgan fingerprint density at radius 3 is 2.57 bits per heavy atom. The highest BCUT2D eigenvalue weighted by Crippen LogP contribution is 2.20. The van der Waals surface area contributed by atoms with E-state index in [-0.39, 0.29) is 11.3 Å². The van der Waals surface area contributed by atoms with Gasteiger partial charge in [-0.15, -0.1) is 0 Å². The second kappa shape index (κ2) is 7.05. The first-order valence-electron chi connectivity index (χ1n) is 7.49. The highest BCUT2D eigenvalue weighted by atomic mass is 16.2.